The molecule has 1 aromatic heterocycles. The van der Waals surface area contributed by atoms with Gasteiger partial charge in [0.05, 0.1) is 5.02 Å². The number of benzene rings is 1. The minimum absolute atomic E-state index is 0.0683. The van der Waals surface area contributed by atoms with Crippen LogP contribution in [0.2, 0.25) is 29.7 Å². The lowest BCUT2D eigenvalue weighted by atomic mass is 10.1. The van der Waals surface area contributed by atoms with Gasteiger partial charge >= 0.3 is 0 Å². The summed E-state index contributed by atoms with van der Waals surface area (Å²) in [5, 5.41) is 0.251. The molecule has 0 aliphatic carbocycles. The van der Waals surface area contributed by atoms with Crippen LogP contribution >= 0.6 is 23.2 Å². The second kappa shape index (κ2) is 7.65. The number of hydrogen-bond acceptors (Lipinski definition) is 3. The molecule has 1 aromatic carbocycles. The maximum absolute atomic E-state index is 13.7. The Bertz CT molecular complexity index is 857. The average Bonchev–Trinajstić information content (AvgIpc) is 2.51. The number of ether oxygens (including phenoxy) is 1. The van der Waals surface area contributed by atoms with Gasteiger partial charge in [0.25, 0.3) is 0 Å². The van der Waals surface area contributed by atoms with Crippen LogP contribution in [-0.4, -0.2) is 13.1 Å². The van der Waals surface area contributed by atoms with Crippen LogP contribution in [-0.2, 0) is 0 Å². The number of aromatic nitrogens is 1. The maximum Gasteiger partial charge on any atom is 0.166 e. The Labute approximate surface area is 158 Å². The molecular weight excluding hydrogens is 378 g/mol. The van der Waals surface area contributed by atoms with Crippen LogP contribution in [0.3, 0.4) is 0 Å². The molecule has 25 heavy (non-hydrogen) atoms. The van der Waals surface area contributed by atoms with Crippen LogP contribution in [0.4, 0.5) is 10.2 Å². The summed E-state index contributed by atoms with van der Waals surface area (Å²) < 4.78 is 19.6. The van der Waals surface area contributed by atoms with Crippen molar-refractivity contribution < 1.29 is 9.13 Å². The maximum atomic E-state index is 13.7. The molecule has 3 nitrogen and oxygen atoms in total. The largest absolute Gasteiger partial charge is 0.482 e. The Hall–Kier alpha value is -1.74. The molecule has 0 spiro atoms. The number of anilines is 1. The fourth-order valence-electron chi connectivity index (χ4n) is 2.04. The van der Waals surface area contributed by atoms with Gasteiger partial charge in [0.2, 0.25) is 0 Å². The van der Waals surface area contributed by atoms with Crippen LogP contribution in [0.15, 0.2) is 24.4 Å². The molecule has 0 radical (unpaired) electrons. The van der Waals surface area contributed by atoms with Crippen molar-refractivity contribution in [2.75, 3.05) is 5.73 Å². The Kier molecular flexibility index (Phi) is 5.99. The molecule has 0 unspecified atom stereocenters. The monoisotopic (exact) mass is 396 g/mol. The lowest BCUT2D eigenvalue weighted by molar-refractivity contribution is 0.227. The van der Waals surface area contributed by atoms with E-state index >= 15 is 0 Å². The summed E-state index contributed by atoms with van der Waals surface area (Å²) >= 11 is 12.2. The van der Waals surface area contributed by atoms with Gasteiger partial charge in [-0.25, -0.2) is 9.37 Å². The van der Waals surface area contributed by atoms with E-state index in [9.17, 15) is 4.39 Å². The number of hydrogen-bond donors (Lipinski definition) is 1. The molecular formula is C18H19Cl2FN2OSi-. The Morgan fingerprint density at radius 2 is 1.96 bits per heavy atom. The number of nitrogen functional groups attached to an aromatic ring is 1. The first-order valence-corrected chi connectivity index (χ1v) is 11.9. The molecule has 0 saturated carbocycles. The molecule has 0 aliphatic rings. The summed E-state index contributed by atoms with van der Waals surface area (Å²) in [6.45, 7) is 8.17. The van der Waals surface area contributed by atoms with Gasteiger partial charge in [-0.05, 0) is 19.1 Å². The molecule has 2 rings (SSSR count). The zero-order valence-corrected chi connectivity index (χ0v) is 17.0. The van der Waals surface area contributed by atoms with E-state index in [4.69, 9.17) is 33.7 Å². The van der Waals surface area contributed by atoms with Crippen molar-refractivity contribution in [3.63, 3.8) is 0 Å². The van der Waals surface area contributed by atoms with Crippen molar-refractivity contribution in [2.24, 2.45) is 0 Å². The van der Waals surface area contributed by atoms with Crippen LogP contribution in [0.1, 0.15) is 24.2 Å². The van der Waals surface area contributed by atoms with E-state index in [-0.39, 0.29) is 10.8 Å². The van der Waals surface area contributed by atoms with Crippen molar-refractivity contribution >= 4 is 37.1 Å². The molecule has 1 heterocycles. The minimum atomic E-state index is -1.51. The van der Waals surface area contributed by atoms with E-state index < -0.39 is 20.0 Å². The zero-order valence-electron chi connectivity index (χ0n) is 14.5. The standard InChI is InChI=1S/C18H19Cl2FN2OSi/c1-11(16-13(19)5-6-14(21)17(16)20)24-15-9-12(10-23-18(15)22)7-8-25(2,3)4/h5-6,9-11H,1-4H3,(H2,22,23)/q-1/t11-/m0/s1. The highest BCUT2D eigenvalue weighted by molar-refractivity contribution is 6.83. The highest BCUT2D eigenvalue weighted by Crippen LogP contribution is 2.35. The van der Waals surface area contributed by atoms with Crippen LogP contribution < -0.4 is 10.5 Å². The molecule has 1 atom stereocenters. The molecule has 2 aromatic rings. The molecule has 0 saturated heterocycles. The van der Waals surface area contributed by atoms with Crippen LogP contribution in [0.5, 0.6) is 5.75 Å². The summed E-state index contributed by atoms with van der Waals surface area (Å²) in [5.74, 6) is 3.11. The van der Waals surface area contributed by atoms with Crippen molar-refractivity contribution in [3.8, 4) is 17.2 Å². The summed E-state index contributed by atoms with van der Waals surface area (Å²) in [7, 11) is -1.51. The molecule has 7 heteroatoms. The smallest absolute Gasteiger partial charge is 0.166 e. The van der Waals surface area contributed by atoms with E-state index in [0.29, 0.717) is 21.9 Å². The topological polar surface area (TPSA) is 48.1 Å². The van der Waals surface area contributed by atoms with Gasteiger partial charge in [-0.2, -0.15) is 19.6 Å². The second-order valence-corrected chi connectivity index (χ2v) is 12.2. The second-order valence-electron chi connectivity index (χ2n) is 6.62. The van der Waals surface area contributed by atoms with E-state index in [2.05, 4.69) is 36.1 Å². The quantitative estimate of drug-likeness (QED) is 0.424. The van der Waals surface area contributed by atoms with Gasteiger partial charge in [-0.3, -0.25) is 5.54 Å². The molecule has 0 fully saturated rings. The van der Waals surface area contributed by atoms with Crippen molar-refractivity contribution in [3.05, 3.63) is 51.4 Å². The van der Waals surface area contributed by atoms with Crippen molar-refractivity contribution in [2.45, 2.75) is 32.7 Å². The normalized spacial score (nSPS) is 12.3. The highest BCUT2D eigenvalue weighted by atomic mass is 35.5. The van der Waals surface area contributed by atoms with Crippen LogP contribution in [0.25, 0.3) is 0 Å². The Morgan fingerprint density at radius 1 is 1.28 bits per heavy atom. The first-order valence-electron chi connectivity index (χ1n) is 7.67. The van der Waals surface area contributed by atoms with Crippen molar-refractivity contribution in [1.82, 2.24) is 4.98 Å². The first-order chi connectivity index (χ1) is 11.6. The van der Waals surface area contributed by atoms with Gasteiger partial charge in [0.15, 0.2) is 11.6 Å². The SMILES string of the molecule is C[C@H](Oc1cc(C#C[Si-](C)(C)C)cnc1N)c1c(Cl)ccc(F)c1Cl. The lowest BCUT2D eigenvalue weighted by Crippen LogP contribution is -2.16. The lowest BCUT2D eigenvalue weighted by Gasteiger charge is -2.19. The van der Waals surface area contributed by atoms with Gasteiger partial charge in [0.1, 0.15) is 11.9 Å². The van der Waals surface area contributed by atoms with Gasteiger partial charge in [-0.1, -0.05) is 31.3 Å². The van der Waals surface area contributed by atoms with E-state index in [1.807, 2.05) is 0 Å². The van der Waals surface area contributed by atoms with E-state index in [1.165, 1.54) is 12.1 Å². The molecule has 2 N–H and O–H groups in total. The summed E-state index contributed by atoms with van der Waals surface area (Å²) in [5.41, 5.74) is 10.2. The Morgan fingerprint density at radius 3 is 2.60 bits per heavy atom. The van der Waals surface area contributed by atoms with E-state index in [1.54, 1.807) is 19.2 Å². The molecule has 0 aliphatic heterocycles. The van der Waals surface area contributed by atoms with E-state index in [0.717, 1.165) is 0 Å². The van der Waals surface area contributed by atoms with Gasteiger partial charge in [0, 0.05) is 28.4 Å². The fraction of sp³-hybridized carbons (Fsp3) is 0.278. The number of nitrogens with two attached hydrogens (primary N) is 1. The highest BCUT2D eigenvalue weighted by Gasteiger charge is 2.19. The van der Waals surface area contributed by atoms with Crippen molar-refractivity contribution in [1.29, 1.82) is 0 Å². The Balaban J connectivity index is 2.34. The van der Waals surface area contributed by atoms with Crippen LogP contribution in [0, 0.1) is 17.3 Å². The fourth-order valence-corrected chi connectivity index (χ4v) is 3.24. The number of pyridine rings is 1. The minimum Gasteiger partial charge on any atom is -0.482 e. The third kappa shape index (κ3) is 5.11. The number of nitrogens with zero attached hydrogens (tertiary/aromatic N) is 1. The van der Waals surface area contributed by atoms with Gasteiger partial charge in [-0.15, -0.1) is 5.92 Å². The summed E-state index contributed by atoms with van der Waals surface area (Å²) in [6.07, 6.45) is 0.988. The third-order valence-electron chi connectivity index (χ3n) is 3.25. The average molecular weight is 397 g/mol. The number of halogens is 3. The van der Waals surface area contributed by atoms with Gasteiger partial charge < -0.3 is 10.5 Å². The summed E-state index contributed by atoms with van der Waals surface area (Å²) in [4.78, 5) is 4.11. The molecule has 0 amide bonds. The first kappa shape index (κ1) is 19.6. The third-order valence-corrected chi connectivity index (χ3v) is 4.84. The summed E-state index contributed by atoms with van der Waals surface area (Å²) in [6, 6.07) is 4.37. The zero-order chi connectivity index (χ0) is 18.8. The molecule has 133 valence electrons. The predicted octanol–water partition coefficient (Wildman–Crippen LogP) is 5.48. The molecule has 0 bridgehead atoms. The predicted molar refractivity (Wildman–Crippen MR) is 104 cm³/mol. The number of rotatable bonds is 3.